The molecular formula is C14H21N. The third kappa shape index (κ3) is 4.80. The lowest BCUT2D eigenvalue weighted by Gasteiger charge is -2.13. The highest BCUT2D eigenvalue weighted by Gasteiger charge is 2.01. The molecule has 0 fully saturated rings. The average Bonchev–Trinajstić information content (AvgIpc) is 2.30. The Labute approximate surface area is 93.2 Å². The van der Waals surface area contributed by atoms with Gasteiger partial charge in [0.25, 0.3) is 0 Å². The summed E-state index contributed by atoms with van der Waals surface area (Å²) in [4.78, 5) is 0. The van der Waals surface area contributed by atoms with Crippen LogP contribution >= 0.6 is 0 Å². The van der Waals surface area contributed by atoms with Gasteiger partial charge in [-0.15, -0.1) is 6.58 Å². The third-order valence-electron chi connectivity index (χ3n) is 2.59. The van der Waals surface area contributed by atoms with Crippen molar-refractivity contribution in [2.45, 2.75) is 32.2 Å². The SMILES string of the molecule is C=CCCCCNC(C)c1ccccc1. The topological polar surface area (TPSA) is 12.0 Å². The van der Waals surface area contributed by atoms with E-state index < -0.39 is 0 Å². The fraction of sp³-hybridized carbons (Fsp3) is 0.429. The van der Waals surface area contributed by atoms with Crippen molar-refractivity contribution in [3.8, 4) is 0 Å². The maximum Gasteiger partial charge on any atom is 0.0291 e. The van der Waals surface area contributed by atoms with Crippen LogP contribution in [0.1, 0.15) is 37.8 Å². The van der Waals surface area contributed by atoms with Gasteiger partial charge in [-0.05, 0) is 38.3 Å². The minimum Gasteiger partial charge on any atom is -0.310 e. The molecule has 1 rings (SSSR count). The van der Waals surface area contributed by atoms with Gasteiger partial charge >= 0.3 is 0 Å². The molecule has 1 unspecified atom stereocenters. The number of unbranched alkanes of at least 4 members (excludes halogenated alkanes) is 2. The van der Waals surface area contributed by atoms with Gasteiger partial charge in [0, 0.05) is 6.04 Å². The second-order valence-electron chi connectivity index (χ2n) is 3.87. The van der Waals surface area contributed by atoms with Crippen molar-refractivity contribution in [1.82, 2.24) is 5.32 Å². The molecule has 1 N–H and O–H groups in total. The summed E-state index contributed by atoms with van der Waals surface area (Å²) < 4.78 is 0. The van der Waals surface area contributed by atoms with Crippen LogP contribution in [0.4, 0.5) is 0 Å². The normalized spacial score (nSPS) is 12.3. The summed E-state index contributed by atoms with van der Waals surface area (Å²) in [6, 6.07) is 11.0. The maximum absolute atomic E-state index is 3.72. The van der Waals surface area contributed by atoms with E-state index in [-0.39, 0.29) is 0 Å². The van der Waals surface area contributed by atoms with Gasteiger partial charge in [0.1, 0.15) is 0 Å². The van der Waals surface area contributed by atoms with E-state index in [1.54, 1.807) is 0 Å². The largest absolute Gasteiger partial charge is 0.310 e. The monoisotopic (exact) mass is 203 g/mol. The number of allylic oxidation sites excluding steroid dienone is 1. The Kier molecular flexibility index (Phi) is 5.79. The lowest BCUT2D eigenvalue weighted by atomic mass is 10.1. The number of hydrogen-bond donors (Lipinski definition) is 1. The number of benzene rings is 1. The predicted molar refractivity (Wildman–Crippen MR) is 66.9 cm³/mol. The van der Waals surface area contributed by atoms with Gasteiger partial charge in [-0.3, -0.25) is 0 Å². The number of nitrogens with one attached hydrogen (secondary N) is 1. The molecule has 15 heavy (non-hydrogen) atoms. The molecule has 82 valence electrons. The van der Waals surface area contributed by atoms with E-state index in [0.29, 0.717) is 6.04 Å². The van der Waals surface area contributed by atoms with Gasteiger partial charge < -0.3 is 5.32 Å². The smallest absolute Gasteiger partial charge is 0.0291 e. The minimum absolute atomic E-state index is 0.454. The summed E-state index contributed by atoms with van der Waals surface area (Å²) in [6.07, 6.45) is 5.57. The van der Waals surface area contributed by atoms with Gasteiger partial charge in [0.2, 0.25) is 0 Å². The van der Waals surface area contributed by atoms with E-state index >= 15 is 0 Å². The van der Waals surface area contributed by atoms with Crippen molar-refractivity contribution in [2.75, 3.05) is 6.54 Å². The fourth-order valence-corrected chi connectivity index (χ4v) is 1.59. The summed E-state index contributed by atoms with van der Waals surface area (Å²) in [5.41, 5.74) is 1.36. The highest BCUT2D eigenvalue weighted by Crippen LogP contribution is 2.10. The Morgan fingerprint density at radius 2 is 2.00 bits per heavy atom. The van der Waals surface area contributed by atoms with Crippen molar-refractivity contribution < 1.29 is 0 Å². The van der Waals surface area contributed by atoms with Crippen LogP contribution in [-0.2, 0) is 0 Å². The van der Waals surface area contributed by atoms with Crippen molar-refractivity contribution in [1.29, 1.82) is 0 Å². The second kappa shape index (κ2) is 7.24. The maximum atomic E-state index is 3.72. The van der Waals surface area contributed by atoms with Crippen LogP contribution in [-0.4, -0.2) is 6.54 Å². The van der Waals surface area contributed by atoms with Crippen LogP contribution in [0.2, 0.25) is 0 Å². The first-order valence-electron chi connectivity index (χ1n) is 5.74. The van der Waals surface area contributed by atoms with E-state index in [2.05, 4.69) is 49.2 Å². The van der Waals surface area contributed by atoms with Crippen molar-refractivity contribution in [2.24, 2.45) is 0 Å². The summed E-state index contributed by atoms with van der Waals surface area (Å²) >= 11 is 0. The van der Waals surface area contributed by atoms with Gasteiger partial charge in [-0.25, -0.2) is 0 Å². The van der Waals surface area contributed by atoms with Crippen LogP contribution in [0.5, 0.6) is 0 Å². The molecule has 0 saturated heterocycles. The molecule has 1 nitrogen and oxygen atoms in total. The third-order valence-corrected chi connectivity index (χ3v) is 2.59. The molecule has 0 heterocycles. The van der Waals surface area contributed by atoms with E-state index in [1.807, 2.05) is 6.08 Å². The summed E-state index contributed by atoms with van der Waals surface area (Å²) in [5.74, 6) is 0. The molecule has 0 aromatic heterocycles. The first kappa shape index (κ1) is 12.0. The first-order valence-corrected chi connectivity index (χ1v) is 5.74. The van der Waals surface area contributed by atoms with E-state index in [0.717, 1.165) is 13.0 Å². The molecule has 1 heteroatoms. The Balaban J connectivity index is 2.19. The lowest BCUT2D eigenvalue weighted by Crippen LogP contribution is -2.19. The lowest BCUT2D eigenvalue weighted by molar-refractivity contribution is 0.548. The zero-order valence-corrected chi connectivity index (χ0v) is 9.58. The van der Waals surface area contributed by atoms with Crippen LogP contribution in [0.3, 0.4) is 0 Å². The first-order chi connectivity index (χ1) is 7.34. The van der Waals surface area contributed by atoms with E-state index in [1.165, 1.54) is 18.4 Å². The minimum atomic E-state index is 0.454. The predicted octanol–water partition coefficient (Wildman–Crippen LogP) is 3.69. The molecule has 0 aliphatic rings. The van der Waals surface area contributed by atoms with Crippen LogP contribution in [0.25, 0.3) is 0 Å². The Morgan fingerprint density at radius 1 is 1.27 bits per heavy atom. The number of hydrogen-bond acceptors (Lipinski definition) is 1. The molecule has 0 aliphatic carbocycles. The van der Waals surface area contributed by atoms with Gasteiger partial charge in [-0.2, -0.15) is 0 Å². The van der Waals surface area contributed by atoms with Crippen LogP contribution in [0, 0.1) is 0 Å². The van der Waals surface area contributed by atoms with E-state index in [9.17, 15) is 0 Å². The molecule has 0 amide bonds. The molecule has 1 atom stereocenters. The molecular weight excluding hydrogens is 182 g/mol. The Morgan fingerprint density at radius 3 is 2.67 bits per heavy atom. The molecule has 1 aromatic carbocycles. The standard InChI is InChI=1S/C14H21N/c1-3-4-5-9-12-15-13(2)14-10-7-6-8-11-14/h3,6-8,10-11,13,15H,1,4-5,9,12H2,2H3. The highest BCUT2D eigenvalue weighted by atomic mass is 14.9. The molecule has 1 aromatic rings. The highest BCUT2D eigenvalue weighted by molar-refractivity contribution is 5.17. The van der Waals surface area contributed by atoms with Gasteiger partial charge in [0.15, 0.2) is 0 Å². The average molecular weight is 203 g/mol. The summed E-state index contributed by atoms with van der Waals surface area (Å²) in [5, 5.41) is 3.52. The van der Waals surface area contributed by atoms with Crippen molar-refractivity contribution >= 4 is 0 Å². The van der Waals surface area contributed by atoms with Gasteiger partial charge in [-0.1, -0.05) is 36.4 Å². The molecule has 0 bridgehead atoms. The number of rotatable bonds is 7. The van der Waals surface area contributed by atoms with Crippen LogP contribution < -0.4 is 5.32 Å². The zero-order valence-electron chi connectivity index (χ0n) is 9.58. The summed E-state index contributed by atoms with van der Waals surface area (Å²) in [6.45, 7) is 7.02. The molecule has 0 saturated carbocycles. The van der Waals surface area contributed by atoms with Crippen molar-refractivity contribution in [3.05, 3.63) is 48.6 Å². The van der Waals surface area contributed by atoms with Crippen LogP contribution in [0.15, 0.2) is 43.0 Å². The Bertz CT molecular complexity index is 266. The molecule has 0 radical (unpaired) electrons. The van der Waals surface area contributed by atoms with Gasteiger partial charge in [0.05, 0.1) is 0 Å². The Hall–Kier alpha value is -1.08. The molecule has 0 spiro atoms. The molecule has 0 aliphatic heterocycles. The van der Waals surface area contributed by atoms with Crippen molar-refractivity contribution in [3.63, 3.8) is 0 Å². The second-order valence-corrected chi connectivity index (χ2v) is 3.87. The fourth-order valence-electron chi connectivity index (χ4n) is 1.59. The van der Waals surface area contributed by atoms with E-state index in [4.69, 9.17) is 0 Å². The zero-order chi connectivity index (χ0) is 10.9. The summed E-state index contributed by atoms with van der Waals surface area (Å²) in [7, 11) is 0. The quantitative estimate of drug-likeness (QED) is 0.526.